The van der Waals surface area contributed by atoms with E-state index in [1.54, 1.807) is 30.3 Å². The van der Waals surface area contributed by atoms with Gasteiger partial charge in [-0.1, -0.05) is 12.1 Å². The lowest BCUT2D eigenvalue weighted by Gasteiger charge is -2.18. The summed E-state index contributed by atoms with van der Waals surface area (Å²) in [6, 6.07) is 12.4. The molecule has 1 saturated heterocycles. The first-order valence-corrected chi connectivity index (χ1v) is 10.7. The fourth-order valence-electron chi connectivity index (χ4n) is 2.84. The summed E-state index contributed by atoms with van der Waals surface area (Å²) in [6.45, 7) is 0.636. The Morgan fingerprint density at radius 1 is 0.926 bits per heavy atom. The van der Waals surface area contributed by atoms with E-state index in [4.69, 9.17) is 14.2 Å². The lowest BCUT2D eigenvalue weighted by Crippen LogP contribution is -2.17. The smallest absolute Gasteiger partial charge is 0.338 e. The number of esters is 1. The molecule has 2 heterocycles. The number of fused-ring (bicyclic) bond motifs is 1. The molecule has 140 valence electrons. The maximum absolute atomic E-state index is 12.3. The van der Waals surface area contributed by atoms with Crippen LogP contribution in [0.5, 0.6) is 11.5 Å². The minimum Gasteiger partial charge on any atom is -0.486 e. The number of carbonyl (C=O) groups excluding carboxylic acids is 2. The van der Waals surface area contributed by atoms with Gasteiger partial charge in [-0.3, -0.25) is 4.79 Å². The molecule has 4 rings (SSSR count). The van der Waals surface area contributed by atoms with Crippen molar-refractivity contribution >= 4 is 35.3 Å². The molecule has 0 aromatic heterocycles. The van der Waals surface area contributed by atoms with Gasteiger partial charge >= 0.3 is 5.97 Å². The third kappa shape index (κ3) is 4.25. The van der Waals surface area contributed by atoms with Gasteiger partial charge in [-0.25, -0.2) is 4.79 Å². The first-order chi connectivity index (χ1) is 13.2. The fraction of sp³-hybridized carbons (Fsp3) is 0.300. The number of Topliss-reactive ketones (excluding diaryl/α,β-unsaturated/α-hetero) is 1. The van der Waals surface area contributed by atoms with Crippen LogP contribution in [0.4, 0.5) is 0 Å². The zero-order valence-electron chi connectivity index (χ0n) is 14.5. The molecule has 0 N–H and O–H groups in total. The second-order valence-electron chi connectivity index (χ2n) is 6.05. The van der Waals surface area contributed by atoms with Gasteiger partial charge in [0.2, 0.25) is 0 Å². The fourth-order valence-corrected chi connectivity index (χ4v) is 5.70. The summed E-state index contributed by atoms with van der Waals surface area (Å²) in [5, 5.41) is 0. The molecular formula is C20H18O5S2. The molecule has 27 heavy (non-hydrogen) atoms. The summed E-state index contributed by atoms with van der Waals surface area (Å²) in [6.07, 6.45) is 0. The van der Waals surface area contributed by atoms with Crippen LogP contribution in [0.25, 0.3) is 0 Å². The van der Waals surface area contributed by atoms with Crippen LogP contribution in [-0.2, 0) is 4.74 Å². The van der Waals surface area contributed by atoms with Crippen molar-refractivity contribution in [2.45, 2.75) is 4.58 Å². The monoisotopic (exact) mass is 402 g/mol. The van der Waals surface area contributed by atoms with Crippen molar-refractivity contribution in [1.82, 2.24) is 0 Å². The molecule has 0 unspecified atom stereocenters. The predicted octanol–water partition coefficient (Wildman–Crippen LogP) is 3.98. The highest BCUT2D eigenvalue weighted by molar-refractivity contribution is 8.19. The molecule has 0 atom stereocenters. The van der Waals surface area contributed by atoms with E-state index in [9.17, 15) is 9.59 Å². The van der Waals surface area contributed by atoms with Gasteiger partial charge in [0.15, 0.2) is 23.9 Å². The van der Waals surface area contributed by atoms with Crippen LogP contribution in [0.3, 0.4) is 0 Å². The maximum atomic E-state index is 12.3. The summed E-state index contributed by atoms with van der Waals surface area (Å²) in [4.78, 5) is 24.5. The van der Waals surface area contributed by atoms with Gasteiger partial charge < -0.3 is 14.2 Å². The van der Waals surface area contributed by atoms with Gasteiger partial charge in [-0.2, -0.15) is 0 Å². The maximum Gasteiger partial charge on any atom is 0.338 e. The molecular weight excluding hydrogens is 384 g/mol. The van der Waals surface area contributed by atoms with E-state index in [1.807, 2.05) is 35.7 Å². The first-order valence-electron chi connectivity index (χ1n) is 8.64. The minimum atomic E-state index is -0.501. The Hall–Kier alpha value is -2.12. The van der Waals surface area contributed by atoms with E-state index in [2.05, 4.69) is 0 Å². The molecule has 0 aliphatic carbocycles. The molecule has 0 spiro atoms. The Bertz CT molecular complexity index is 844. The van der Waals surface area contributed by atoms with Crippen LogP contribution in [0, 0.1) is 0 Å². The molecule has 2 aliphatic rings. The summed E-state index contributed by atoms with van der Waals surface area (Å²) in [7, 11) is 0. The van der Waals surface area contributed by atoms with Crippen molar-refractivity contribution < 1.29 is 23.8 Å². The van der Waals surface area contributed by atoms with Crippen LogP contribution in [0.15, 0.2) is 42.5 Å². The van der Waals surface area contributed by atoms with Crippen LogP contribution in [0.2, 0.25) is 0 Å². The third-order valence-corrected chi connectivity index (χ3v) is 7.34. The van der Waals surface area contributed by atoms with Gasteiger partial charge in [0.05, 0.1) is 10.1 Å². The molecule has 1 fully saturated rings. The predicted molar refractivity (Wildman–Crippen MR) is 106 cm³/mol. The van der Waals surface area contributed by atoms with Crippen LogP contribution < -0.4 is 9.47 Å². The standard InChI is InChI=1S/C20H18O5S2/c21-16(15-5-6-17-18(11-15)24-8-7-23-17)12-25-19(22)13-1-3-14(4-2-13)20-26-9-10-27-20/h1-6,11,20H,7-10,12H2. The van der Waals surface area contributed by atoms with Gasteiger partial charge in [-0.05, 0) is 35.9 Å². The molecule has 0 amide bonds. The Morgan fingerprint density at radius 3 is 2.33 bits per heavy atom. The zero-order valence-corrected chi connectivity index (χ0v) is 16.1. The second kappa shape index (κ2) is 8.27. The summed E-state index contributed by atoms with van der Waals surface area (Å²) >= 11 is 3.83. The van der Waals surface area contributed by atoms with Gasteiger partial charge in [-0.15, -0.1) is 23.5 Å². The van der Waals surface area contributed by atoms with E-state index >= 15 is 0 Å². The normalized spacial score (nSPS) is 16.1. The van der Waals surface area contributed by atoms with Crippen LogP contribution in [0.1, 0.15) is 30.9 Å². The minimum absolute atomic E-state index is 0.282. The Balaban J connectivity index is 1.35. The number of benzene rings is 2. The van der Waals surface area contributed by atoms with Gasteiger partial charge in [0.25, 0.3) is 0 Å². The first kappa shape index (κ1) is 18.3. The lowest BCUT2D eigenvalue weighted by atomic mass is 10.1. The highest BCUT2D eigenvalue weighted by Crippen LogP contribution is 2.45. The third-order valence-electron chi connectivity index (χ3n) is 4.24. The van der Waals surface area contributed by atoms with Crippen molar-refractivity contribution in [3.05, 3.63) is 59.2 Å². The van der Waals surface area contributed by atoms with Gasteiger partial charge in [0, 0.05) is 17.1 Å². The van der Waals surface area contributed by atoms with Crippen molar-refractivity contribution in [3.8, 4) is 11.5 Å². The number of hydrogen-bond acceptors (Lipinski definition) is 7. The SMILES string of the molecule is O=C(COC(=O)c1ccc(C2SCCS2)cc1)c1ccc2c(c1)OCCO2. The number of ether oxygens (including phenoxy) is 3. The number of thioether (sulfide) groups is 2. The molecule has 2 aromatic rings. The number of carbonyl (C=O) groups is 2. The number of hydrogen-bond donors (Lipinski definition) is 0. The van der Waals surface area contributed by atoms with E-state index in [-0.39, 0.29) is 12.4 Å². The van der Waals surface area contributed by atoms with Crippen molar-refractivity contribution in [1.29, 1.82) is 0 Å². The zero-order chi connectivity index (χ0) is 18.6. The van der Waals surface area contributed by atoms with Gasteiger partial charge in [0.1, 0.15) is 13.2 Å². The molecule has 7 heteroatoms. The van der Waals surface area contributed by atoms with Crippen LogP contribution in [-0.4, -0.2) is 43.1 Å². The Morgan fingerprint density at radius 2 is 1.59 bits per heavy atom. The van der Waals surface area contributed by atoms with Crippen molar-refractivity contribution in [2.75, 3.05) is 31.3 Å². The average Bonchev–Trinajstić information content (AvgIpc) is 3.26. The molecule has 2 aliphatic heterocycles. The Kier molecular flexibility index (Phi) is 5.59. The van der Waals surface area contributed by atoms with Crippen LogP contribution >= 0.6 is 23.5 Å². The molecule has 2 aromatic carbocycles. The molecule has 0 bridgehead atoms. The molecule has 5 nitrogen and oxygen atoms in total. The topological polar surface area (TPSA) is 61.8 Å². The summed E-state index contributed by atoms with van der Waals surface area (Å²) < 4.78 is 16.5. The number of ketones is 1. The van der Waals surface area contributed by atoms with E-state index in [1.165, 1.54) is 5.56 Å². The molecule has 0 saturated carbocycles. The number of rotatable bonds is 5. The Labute approximate surface area is 165 Å². The largest absolute Gasteiger partial charge is 0.486 e. The van der Waals surface area contributed by atoms with Crippen molar-refractivity contribution in [3.63, 3.8) is 0 Å². The lowest BCUT2D eigenvalue weighted by molar-refractivity contribution is 0.0474. The summed E-state index contributed by atoms with van der Waals surface area (Å²) in [5.74, 6) is 2.68. The highest BCUT2D eigenvalue weighted by Gasteiger charge is 2.19. The van der Waals surface area contributed by atoms with E-state index < -0.39 is 5.97 Å². The highest BCUT2D eigenvalue weighted by atomic mass is 32.2. The van der Waals surface area contributed by atoms with Crippen molar-refractivity contribution in [2.24, 2.45) is 0 Å². The quantitative estimate of drug-likeness (QED) is 0.554. The average molecular weight is 402 g/mol. The summed E-state index contributed by atoms with van der Waals surface area (Å²) in [5.41, 5.74) is 2.07. The molecule has 0 radical (unpaired) electrons. The van der Waals surface area contributed by atoms with E-state index in [0.717, 1.165) is 11.5 Å². The van der Waals surface area contributed by atoms with E-state index in [0.29, 0.717) is 40.4 Å². The second-order valence-corrected chi connectivity index (χ2v) is 8.78.